The molecule has 1 aromatic carbocycles. The molecule has 0 aliphatic heterocycles. The van der Waals surface area contributed by atoms with Crippen LogP contribution in [0.25, 0.3) is 10.9 Å². The molecule has 1 aromatic heterocycles. The first-order valence-electron chi connectivity index (χ1n) is 4.45. The minimum absolute atomic E-state index is 0.0222. The molecule has 0 atom stereocenters. The Kier molecular flexibility index (Phi) is 2.00. The molecule has 3 nitrogen and oxygen atoms in total. The fourth-order valence-corrected chi connectivity index (χ4v) is 1.71. The minimum Gasteiger partial charge on any atom is -0.480 e. The standard InChI is InChI=1S/C11H11NO2/c1-8-6-12(7-11(13)14)10-5-3-2-4-9(8)10/h2-6H,7H2,1H3,(H,13,14). The zero-order chi connectivity index (χ0) is 10.1. The number of aliphatic carboxylic acids is 1. The number of carbonyl (C=O) groups is 1. The fourth-order valence-electron chi connectivity index (χ4n) is 1.71. The van der Waals surface area contributed by atoms with E-state index in [0.29, 0.717) is 0 Å². The smallest absolute Gasteiger partial charge is 0.323 e. The van der Waals surface area contributed by atoms with Gasteiger partial charge in [0.15, 0.2) is 0 Å². The normalized spacial score (nSPS) is 10.6. The lowest BCUT2D eigenvalue weighted by Crippen LogP contribution is -2.07. The van der Waals surface area contributed by atoms with Gasteiger partial charge in [-0.05, 0) is 18.6 Å². The van der Waals surface area contributed by atoms with Gasteiger partial charge in [0.25, 0.3) is 0 Å². The number of fused-ring (bicyclic) bond motifs is 1. The molecule has 0 saturated heterocycles. The molecule has 0 saturated carbocycles. The summed E-state index contributed by atoms with van der Waals surface area (Å²) in [6, 6.07) is 7.81. The van der Waals surface area contributed by atoms with E-state index in [-0.39, 0.29) is 6.54 Å². The predicted octanol–water partition coefficient (Wildman–Crippen LogP) is 2.03. The number of para-hydroxylation sites is 1. The number of benzene rings is 1. The topological polar surface area (TPSA) is 42.2 Å². The van der Waals surface area contributed by atoms with Crippen molar-refractivity contribution >= 4 is 16.9 Å². The molecule has 3 heteroatoms. The van der Waals surface area contributed by atoms with Crippen LogP contribution in [0.3, 0.4) is 0 Å². The third kappa shape index (κ3) is 1.37. The Hall–Kier alpha value is -1.77. The van der Waals surface area contributed by atoms with Crippen LogP contribution in [0.1, 0.15) is 5.56 Å². The molecule has 1 heterocycles. The second kappa shape index (κ2) is 3.18. The maximum absolute atomic E-state index is 10.6. The summed E-state index contributed by atoms with van der Waals surface area (Å²) in [7, 11) is 0. The number of aryl methyl sites for hydroxylation is 1. The van der Waals surface area contributed by atoms with Crippen molar-refractivity contribution in [3.63, 3.8) is 0 Å². The Balaban J connectivity index is 2.60. The van der Waals surface area contributed by atoms with E-state index in [1.54, 1.807) is 4.57 Å². The summed E-state index contributed by atoms with van der Waals surface area (Å²) in [5.41, 5.74) is 2.09. The Bertz CT molecular complexity index is 485. The van der Waals surface area contributed by atoms with Crippen LogP contribution in [0.4, 0.5) is 0 Å². The van der Waals surface area contributed by atoms with Crippen LogP contribution < -0.4 is 0 Å². The van der Waals surface area contributed by atoms with Gasteiger partial charge in [0.2, 0.25) is 0 Å². The zero-order valence-electron chi connectivity index (χ0n) is 7.90. The second-order valence-corrected chi connectivity index (χ2v) is 3.35. The number of hydrogen-bond donors (Lipinski definition) is 1. The zero-order valence-corrected chi connectivity index (χ0v) is 7.90. The quantitative estimate of drug-likeness (QED) is 0.785. The monoisotopic (exact) mass is 189 g/mol. The fraction of sp³-hybridized carbons (Fsp3) is 0.182. The maximum Gasteiger partial charge on any atom is 0.323 e. The molecule has 1 N–H and O–H groups in total. The van der Waals surface area contributed by atoms with E-state index in [4.69, 9.17) is 5.11 Å². The van der Waals surface area contributed by atoms with Crippen molar-refractivity contribution in [3.8, 4) is 0 Å². The van der Waals surface area contributed by atoms with E-state index >= 15 is 0 Å². The van der Waals surface area contributed by atoms with Crippen LogP contribution in [-0.4, -0.2) is 15.6 Å². The van der Waals surface area contributed by atoms with Gasteiger partial charge in [-0.3, -0.25) is 4.79 Å². The molecule has 0 fully saturated rings. The van der Waals surface area contributed by atoms with Gasteiger partial charge in [-0.25, -0.2) is 0 Å². The molecular formula is C11H11NO2. The molecule has 0 amide bonds. The predicted molar refractivity (Wildman–Crippen MR) is 54.3 cm³/mol. The van der Waals surface area contributed by atoms with Crippen molar-refractivity contribution in [1.29, 1.82) is 0 Å². The number of aromatic nitrogens is 1. The van der Waals surface area contributed by atoms with Crippen LogP contribution in [0.2, 0.25) is 0 Å². The average Bonchev–Trinajstić information content (AvgIpc) is 2.44. The van der Waals surface area contributed by atoms with Gasteiger partial charge in [-0.2, -0.15) is 0 Å². The second-order valence-electron chi connectivity index (χ2n) is 3.35. The van der Waals surface area contributed by atoms with Crippen LogP contribution in [0.15, 0.2) is 30.5 Å². The summed E-state index contributed by atoms with van der Waals surface area (Å²) in [6.07, 6.45) is 1.87. The van der Waals surface area contributed by atoms with E-state index in [1.165, 1.54) is 0 Å². The van der Waals surface area contributed by atoms with Crippen molar-refractivity contribution in [2.24, 2.45) is 0 Å². The van der Waals surface area contributed by atoms with Gasteiger partial charge in [0, 0.05) is 17.1 Å². The molecule has 2 rings (SSSR count). The third-order valence-corrected chi connectivity index (χ3v) is 2.29. The maximum atomic E-state index is 10.6. The Morgan fingerprint density at radius 2 is 2.14 bits per heavy atom. The summed E-state index contributed by atoms with van der Waals surface area (Å²) in [6.45, 7) is 2.01. The van der Waals surface area contributed by atoms with Crippen LogP contribution >= 0.6 is 0 Å². The van der Waals surface area contributed by atoms with Gasteiger partial charge in [0.05, 0.1) is 0 Å². The molecule has 72 valence electrons. The largest absolute Gasteiger partial charge is 0.480 e. The highest BCUT2D eigenvalue weighted by Gasteiger charge is 2.06. The van der Waals surface area contributed by atoms with Crippen LogP contribution in [0, 0.1) is 6.92 Å². The van der Waals surface area contributed by atoms with Crippen molar-refractivity contribution in [2.45, 2.75) is 13.5 Å². The van der Waals surface area contributed by atoms with Crippen LogP contribution in [-0.2, 0) is 11.3 Å². The van der Waals surface area contributed by atoms with Gasteiger partial charge >= 0.3 is 5.97 Å². The van der Waals surface area contributed by atoms with Crippen molar-refractivity contribution in [3.05, 3.63) is 36.0 Å². The van der Waals surface area contributed by atoms with E-state index in [9.17, 15) is 4.79 Å². The molecular weight excluding hydrogens is 178 g/mol. The van der Waals surface area contributed by atoms with Crippen molar-refractivity contribution < 1.29 is 9.90 Å². The first-order valence-corrected chi connectivity index (χ1v) is 4.45. The van der Waals surface area contributed by atoms with E-state index in [1.807, 2.05) is 37.4 Å². The molecule has 0 aliphatic rings. The Labute approximate surface area is 81.6 Å². The molecule has 14 heavy (non-hydrogen) atoms. The summed E-state index contributed by atoms with van der Waals surface area (Å²) in [5, 5.41) is 9.83. The van der Waals surface area contributed by atoms with Crippen molar-refractivity contribution in [1.82, 2.24) is 4.57 Å². The van der Waals surface area contributed by atoms with E-state index in [0.717, 1.165) is 16.5 Å². The number of rotatable bonds is 2. The highest BCUT2D eigenvalue weighted by molar-refractivity contribution is 5.84. The van der Waals surface area contributed by atoms with Crippen molar-refractivity contribution in [2.75, 3.05) is 0 Å². The average molecular weight is 189 g/mol. The van der Waals surface area contributed by atoms with E-state index in [2.05, 4.69) is 0 Å². The molecule has 0 unspecified atom stereocenters. The molecule has 0 aliphatic carbocycles. The van der Waals surface area contributed by atoms with Gasteiger partial charge in [-0.1, -0.05) is 18.2 Å². The van der Waals surface area contributed by atoms with Gasteiger partial charge in [-0.15, -0.1) is 0 Å². The Morgan fingerprint density at radius 1 is 1.43 bits per heavy atom. The molecule has 0 spiro atoms. The molecule has 0 radical (unpaired) electrons. The number of carboxylic acid groups (broad SMARTS) is 1. The third-order valence-electron chi connectivity index (χ3n) is 2.29. The molecule has 2 aromatic rings. The van der Waals surface area contributed by atoms with Gasteiger partial charge in [0.1, 0.15) is 6.54 Å². The first-order chi connectivity index (χ1) is 6.68. The lowest BCUT2D eigenvalue weighted by molar-refractivity contribution is -0.137. The summed E-state index contributed by atoms with van der Waals surface area (Å²) in [5.74, 6) is -0.814. The van der Waals surface area contributed by atoms with Crippen LogP contribution in [0.5, 0.6) is 0 Å². The lowest BCUT2D eigenvalue weighted by atomic mass is 10.2. The first kappa shape index (κ1) is 8.81. The number of nitrogens with zero attached hydrogens (tertiary/aromatic N) is 1. The van der Waals surface area contributed by atoms with E-state index < -0.39 is 5.97 Å². The summed E-state index contributed by atoms with van der Waals surface area (Å²) < 4.78 is 1.76. The number of carboxylic acids is 1. The number of hydrogen-bond acceptors (Lipinski definition) is 1. The minimum atomic E-state index is -0.814. The molecule has 0 bridgehead atoms. The lowest BCUT2D eigenvalue weighted by Gasteiger charge is -1.99. The summed E-state index contributed by atoms with van der Waals surface area (Å²) >= 11 is 0. The summed E-state index contributed by atoms with van der Waals surface area (Å²) in [4.78, 5) is 10.6. The SMILES string of the molecule is Cc1cn(CC(=O)O)c2ccccc12. The van der Waals surface area contributed by atoms with Gasteiger partial charge < -0.3 is 9.67 Å². The Morgan fingerprint density at radius 3 is 2.86 bits per heavy atom. The highest BCUT2D eigenvalue weighted by atomic mass is 16.4. The highest BCUT2D eigenvalue weighted by Crippen LogP contribution is 2.19.